The Balaban J connectivity index is 2.41. The van der Waals surface area contributed by atoms with E-state index in [-0.39, 0.29) is 29.0 Å². The fourth-order valence-corrected chi connectivity index (χ4v) is 2.73. The van der Waals surface area contributed by atoms with Crippen LogP contribution in [0.4, 0.5) is 4.39 Å². The summed E-state index contributed by atoms with van der Waals surface area (Å²) >= 11 is 5.84. The van der Waals surface area contributed by atoms with Gasteiger partial charge in [0.1, 0.15) is 29.5 Å². The molecule has 6 nitrogen and oxygen atoms in total. The fraction of sp³-hybridized carbons (Fsp3) is 0.150. The Labute approximate surface area is 165 Å². The molecule has 2 aromatic rings. The number of phenols is 1. The van der Waals surface area contributed by atoms with E-state index in [1.807, 2.05) is 0 Å². The Kier molecular flexibility index (Phi) is 6.25. The van der Waals surface area contributed by atoms with Crippen molar-refractivity contribution in [2.75, 3.05) is 7.05 Å². The first kappa shape index (κ1) is 20.8. The first-order valence-corrected chi connectivity index (χ1v) is 8.34. The number of amides is 1. The molecule has 0 spiro atoms. The number of halogens is 2. The molecular weight excluding hydrogens is 385 g/mol. The second kappa shape index (κ2) is 8.43. The lowest BCUT2D eigenvalue weighted by atomic mass is 10.0. The van der Waals surface area contributed by atoms with Crippen LogP contribution in [0.5, 0.6) is 5.75 Å². The van der Waals surface area contributed by atoms with Crippen LogP contribution in [0.25, 0.3) is 5.76 Å². The summed E-state index contributed by atoms with van der Waals surface area (Å²) in [6.45, 7) is 1.33. The minimum absolute atomic E-state index is 0.0269. The van der Waals surface area contributed by atoms with Crippen molar-refractivity contribution in [2.24, 2.45) is 0 Å². The molecule has 0 unspecified atom stereocenters. The van der Waals surface area contributed by atoms with Gasteiger partial charge in [0.2, 0.25) is 0 Å². The summed E-state index contributed by atoms with van der Waals surface area (Å²) in [7, 11) is 1.34. The molecule has 0 aliphatic rings. The van der Waals surface area contributed by atoms with E-state index in [0.717, 1.165) is 11.0 Å². The van der Waals surface area contributed by atoms with Gasteiger partial charge in [0, 0.05) is 29.7 Å². The van der Waals surface area contributed by atoms with E-state index in [4.69, 9.17) is 16.9 Å². The van der Waals surface area contributed by atoms with Gasteiger partial charge in [-0.3, -0.25) is 4.79 Å². The van der Waals surface area contributed by atoms with Gasteiger partial charge in [0.15, 0.2) is 5.57 Å². The lowest BCUT2D eigenvalue weighted by molar-refractivity contribution is -0.126. The number of nitriles is 2. The molecule has 0 fully saturated rings. The molecule has 0 heterocycles. The topological polar surface area (TPSA) is 108 Å². The van der Waals surface area contributed by atoms with E-state index in [9.17, 15) is 24.7 Å². The van der Waals surface area contributed by atoms with Crippen molar-refractivity contribution in [3.8, 4) is 17.9 Å². The molecular formula is C20H15ClFN3O3. The number of carbonyl (C=O) groups excluding carboxylic acids is 1. The number of nitrogens with zero attached hydrogens (tertiary/aromatic N) is 3. The van der Waals surface area contributed by atoms with Crippen LogP contribution in [-0.2, 0) is 11.3 Å². The maximum Gasteiger partial charge on any atom is 0.268 e. The second-order valence-electron chi connectivity index (χ2n) is 6.03. The zero-order valence-electron chi connectivity index (χ0n) is 15.0. The van der Waals surface area contributed by atoms with Crippen LogP contribution < -0.4 is 0 Å². The summed E-state index contributed by atoms with van der Waals surface area (Å²) in [4.78, 5) is 13.7. The van der Waals surface area contributed by atoms with Gasteiger partial charge in [0.25, 0.3) is 5.91 Å². The van der Waals surface area contributed by atoms with Gasteiger partial charge in [0.05, 0.1) is 5.56 Å². The van der Waals surface area contributed by atoms with Crippen molar-refractivity contribution in [1.29, 1.82) is 10.5 Å². The SMILES string of the molecule is Cc1cc(/C(O)=C(\C#N)C(=O)N(C)Cc2cc(Cl)ccc2F)cc(C#N)c1O. The summed E-state index contributed by atoms with van der Waals surface area (Å²) in [6, 6.07) is 9.80. The van der Waals surface area contributed by atoms with Gasteiger partial charge in [-0.2, -0.15) is 10.5 Å². The van der Waals surface area contributed by atoms with Crippen molar-refractivity contribution in [3.63, 3.8) is 0 Å². The van der Waals surface area contributed by atoms with Crippen LogP contribution in [-0.4, -0.2) is 28.1 Å². The maximum absolute atomic E-state index is 13.9. The largest absolute Gasteiger partial charge is 0.506 e. The molecule has 0 aliphatic heterocycles. The van der Waals surface area contributed by atoms with Crippen LogP contribution in [0.3, 0.4) is 0 Å². The lowest BCUT2D eigenvalue weighted by Gasteiger charge is -2.18. The predicted molar refractivity (Wildman–Crippen MR) is 101 cm³/mol. The molecule has 0 bridgehead atoms. The van der Waals surface area contributed by atoms with Crippen LogP contribution in [0.1, 0.15) is 22.3 Å². The molecule has 2 aromatic carbocycles. The number of aryl methyl sites for hydroxylation is 1. The van der Waals surface area contributed by atoms with Crippen LogP contribution >= 0.6 is 11.6 Å². The van der Waals surface area contributed by atoms with E-state index in [1.54, 1.807) is 12.1 Å². The highest BCUT2D eigenvalue weighted by molar-refractivity contribution is 6.30. The molecule has 2 rings (SSSR count). The summed E-state index contributed by atoms with van der Waals surface area (Å²) in [5, 5.41) is 38.9. The Morgan fingerprint density at radius 3 is 2.57 bits per heavy atom. The van der Waals surface area contributed by atoms with Crippen LogP contribution in [0.2, 0.25) is 5.02 Å². The Morgan fingerprint density at radius 1 is 1.29 bits per heavy atom. The van der Waals surface area contributed by atoms with Gasteiger partial charge in [-0.05, 0) is 42.8 Å². The van der Waals surface area contributed by atoms with Gasteiger partial charge < -0.3 is 15.1 Å². The Bertz CT molecular complexity index is 1070. The summed E-state index contributed by atoms with van der Waals surface area (Å²) in [5.41, 5.74) is -0.231. The first-order chi connectivity index (χ1) is 13.2. The predicted octanol–water partition coefficient (Wildman–Crippen LogP) is 3.82. The molecule has 0 saturated heterocycles. The number of aromatic hydroxyl groups is 1. The van der Waals surface area contributed by atoms with E-state index in [0.29, 0.717) is 10.6 Å². The lowest BCUT2D eigenvalue weighted by Crippen LogP contribution is -2.28. The van der Waals surface area contributed by atoms with Gasteiger partial charge in [-0.1, -0.05) is 11.6 Å². The second-order valence-corrected chi connectivity index (χ2v) is 6.47. The van der Waals surface area contributed by atoms with E-state index in [2.05, 4.69) is 0 Å². The molecule has 142 valence electrons. The van der Waals surface area contributed by atoms with E-state index >= 15 is 0 Å². The minimum Gasteiger partial charge on any atom is -0.506 e. The number of hydrogen-bond acceptors (Lipinski definition) is 5. The normalized spacial score (nSPS) is 11.2. The van der Waals surface area contributed by atoms with Crippen molar-refractivity contribution >= 4 is 23.3 Å². The molecule has 28 heavy (non-hydrogen) atoms. The third kappa shape index (κ3) is 4.22. The Morgan fingerprint density at radius 2 is 1.96 bits per heavy atom. The zero-order chi connectivity index (χ0) is 21.0. The number of rotatable bonds is 4. The first-order valence-electron chi connectivity index (χ1n) is 7.96. The number of hydrogen-bond donors (Lipinski definition) is 2. The summed E-state index contributed by atoms with van der Waals surface area (Å²) < 4.78 is 13.9. The number of aliphatic hydroxyl groups is 1. The fourth-order valence-electron chi connectivity index (χ4n) is 2.53. The molecule has 0 atom stereocenters. The molecule has 0 radical (unpaired) electrons. The number of likely N-dealkylation sites (N-methyl/N-ethyl adjacent to an activating group) is 1. The average Bonchev–Trinajstić information content (AvgIpc) is 2.66. The smallest absolute Gasteiger partial charge is 0.268 e. The standard InChI is InChI=1S/C20H15ClFN3O3/c1-11-5-12(6-13(8-23)18(11)26)19(27)16(9-24)20(28)25(2)10-14-7-15(21)3-4-17(14)22/h3-7,26-27H,10H2,1-2H3/b19-16-. The van der Waals surface area contributed by atoms with E-state index in [1.165, 1.54) is 38.2 Å². The molecule has 8 heteroatoms. The highest BCUT2D eigenvalue weighted by Crippen LogP contribution is 2.28. The van der Waals surface area contributed by atoms with Crippen molar-refractivity contribution < 1.29 is 19.4 Å². The number of carbonyl (C=O) groups is 1. The highest BCUT2D eigenvalue weighted by atomic mass is 35.5. The maximum atomic E-state index is 13.9. The van der Waals surface area contributed by atoms with Gasteiger partial charge in [-0.25, -0.2) is 4.39 Å². The van der Waals surface area contributed by atoms with Gasteiger partial charge in [-0.15, -0.1) is 0 Å². The molecule has 0 aliphatic carbocycles. The van der Waals surface area contributed by atoms with Gasteiger partial charge >= 0.3 is 0 Å². The summed E-state index contributed by atoms with van der Waals surface area (Å²) in [6.07, 6.45) is 0. The van der Waals surface area contributed by atoms with Crippen molar-refractivity contribution in [3.05, 3.63) is 69.0 Å². The number of phenolic OH excluding ortho intramolecular Hbond substituents is 1. The highest BCUT2D eigenvalue weighted by Gasteiger charge is 2.22. The van der Waals surface area contributed by atoms with Crippen LogP contribution in [0.15, 0.2) is 35.9 Å². The molecule has 2 N–H and O–H groups in total. The Hall–Kier alpha value is -3.55. The number of aliphatic hydroxyl groups excluding tert-OH is 1. The van der Waals surface area contributed by atoms with Crippen molar-refractivity contribution in [2.45, 2.75) is 13.5 Å². The third-order valence-electron chi connectivity index (χ3n) is 4.02. The third-order valence-corrected chi connectivity index (χ3v) is 4.25. The van der Waals surface area contributed by atoms with Crippen molar-refractivity contribution in [1.82, 2.24) is 4.90 Å². The zero-order valence-corrected chi connectivity index (χ0v) is 15.8. The molecule has 0 aromatic heterocycles. The van der Waals surface area contributed by atoms with Crippen LogP contribution in [0, 0.1) is 35.4 Å². The molecule has 0 saturated carbocycles. The number of benzene rings is 2. The van der Waals surface area contributed by atoms with E-state index < -0.39 is 23.1 Å². The summed E-state index contributed by atoms with van der Waals surface area (Å²) in [5.74, 6) is -2.31. The quantitative estimate of drug-likeness (QED) is 0.461. The molecule has 1 amide bonds. The monoisotopic (exact) mass is 399 g/mol. The minimum atomic E-state index is -0.844. The average molecular weight is 400 g/mol.